The molecule has 182 valence electrons. The van der Waals surface area contributed by atoms with E-state index in [4.69, 9.17) is 13.9 Å². The second kappa shape index (κ2) is 10.9. The molecule has 1 aromatic heterocycles. The van der Waals surface area contributed by atoms with Gasteiger partial charge in [0.25, 0.3) is 11.7 Å². The molecule has 1 amide bonds. The Morgan fingerprint density at radius 3 is 2.65 bits per heavy atom. The van der Waals surface area contributed by atoms with E-state index in [9.17, 15) is 14.7 Å². The minimum Gasteiger partial charge on any atom is -0.507 e. The number of carbonyl (C=O) groups excluding carboxylic acids is 2. The lowest BCUT2D eigenvalue weighted by atomic mass is 9.99. The van der Waals surface area contributed by atoms with Gasteiger partial charge in [-0.3, -0.25) is 14.5 Å². The molecule has 0 bridgehead atoms. The van der Waals surface area contributed by atoms with Crippen molar-refractivity contribution < 1.29 is 28.6 Å². The highest BCUT2D eigenvalue weighted by atomic mass is 16.5. The fraction of sp³-hybridized carbons (Fsp3) is 0.462. The van der Waals surface area contributed by atoms with Crippen LogP contribution in [0.2, 0.25) is 0 Å². The number of benzene rings is 1. The fourth-order valence-electron chi connectivity index (χ4n) is 4.40. The zero-order valence-electron chi connectivity index (χ0n) is 19.8. The molecular formula is C26H32N2O6. The minimum absolute atomic E-state index is 0.0402. The van der Waals surface area contributed by atoms with E-state index >= 15 is 0 Å². The monoisotopic (exact) mass is 468 g/mol. The number of aryl methyl sites for hydroxylation is 1. The van der Waals surface area contributed by atoms with E-state index in [0.717, 1.165) is 26.1 Å². The number of amides is 1. The van der Waals surface area contributed by atoms with Crippen molar-refractivity contribution in [2.45, 2.75) is 32.7 Å². The SMILES string of the molecule is CCCOc1cccc(/C(O)=C2\C(=O)C(=O)N(CCCN3CCOCC3)C2c2ccc(C)o2)c1. The first-order valence-electron chi connectivity index (χ1n) is 11.9. The Labute approximate surface area is 199 Å². The molecule has 0 aliphatic carbocycles. The Hall–Kier alpha value is -3.10. The van der Waals surface area contributed by atoms with E-state index in [1.807, 2.05) is 13.8 Å². The molecule has 1 aromatic carbocycles. The van der Waals surface area contributed by atoms with Crippen LogP contribution < -0.4 is 4.74 Å². The number of aliphatic hydroxyl groups is 1. The molecule has 8 heteroatoms. The maximum atomic E-state index is 13.1. The maximum absolute atomic E-state index is 13.1. The molecular weight excluding hydrogens is 436 g/mol. The van der Waals surface area contributed by atoms with E-state index in [2.05, 4.69) is 4.90 Å². The fourth-order valence-corrected chi connectivity index (χ4v) is 4.40. The Kier molecular flexibility index (Phi) is 7.70. The van der Waals surface area contributed by atoms with Crippen molar-refractivity contribution in [3.63, 3.8) is 0 Å². The van der Waals surface area contributed by atoms with E-state index in [1.54, 1.807) is 36.4 Å². The Morgan fingerprint density at radius 2 is 1.94 bits per heavy atom. The second-order valence-corrected chi connectivity index (χ2v) is 8.62. The number of aliphatic hydroxyl groups excluding tert-OH is 1. The number of hydrogen-bond donors (Lipinski definition) is 1. The summed E-state index contributed by atoms with van der Waals surface area (Å²) >= 11 is 0. The molecule has 2 aromatic rings. The molecule has 2 aliphatic heterocycles. The number of furan rings is 1. The highest BCUT2D eigenvalue weighted by Crippen LogP contribution is 2.40. The van der Waals surface area contributed by atoms with Gasteiger partial charge in [0.05, 0.1) is 25.4 Å². The van der Waals surface area contributed by atoms with Gasteiger partial charge in [-0.15, -0.1) is 0 Å². The summed E-state index contributed by atoms with van der Waals surface area (Å²) in [4.78, 5) is 30.0. The molecule has 4 rings (SSSR count). The lowest BCUT2D eigenvalue weighted by Crippen LogP contribution is -2.38. The van der Waals surface area contributed by atoms with Crippen molar-refractivity contribution in [1.82, 2.24) is 9.80 Å². The van der Waals surface area contributed by atoms with E-state index in [-0.39, 0.29) is 11.3 Å². The summed E-state index contributed by atoms with van der Waals surface area (Å²) in [5.74, 6) is 0.168. The molecule has 34 heavy (non-hydrogen) atoms. The number of morpholine rings is 1. The van der Waals surface area contributed by atoms with Crippen molar-refractivity contribution in [1.29, 1.82) is 0 Å². The summed E-state index contributed by atoms with van der Waals surface area (Å²) in [5, 5.41) is 11.2. The molecule has 3 heterocycles. The predicted octanol–water partition coefficient (Wildman–Crippen LogP) is 3.52. The van der Waals surface area contributed by atoms with Crippen LogP contribution in [0.4, 0.5) is 0 Å². The van der Waals surface area contributed by atoms with Gasteiger partial charge in [-0.1, -0.05) is 19.1 Å². The highest BCUT2D eigenvalue weighted by Gasteiger charge is 2.47. The summed E-state index contributed by atoms with van der Waals surface area (Å²) < 4.78 is 16.9. The first-order valence-corrected chi connectivity index (χ1v) is 11.9. The number of carbonyl (C=O) groups is 2. The number of hydrogen-bond acceptors (Lipinski definition) is 7. The molecule has 2 fully saturated rings. The zero-order valence-corrected chi connectivity index (χ0v) is 19.8. The van der Waals surface area contributed by atoms with Gasteiger partial charge in [0.1, 0.15) is 29.1 Å². The van der Waals surface area contributed by atoms with Crippen molar-refractivity contribution in [2.75, 3.05) is 46.0 Å². The third kappa shape index (κ3) is 5.18. The number of ether oxygens (including phenoxy) is 2. The zero-order chi connectivity index (χ0) is 24.1. The first kappa shape index (κ1) is 24.0. The number of Topliss-reactive ketones (excluding diaryl/α,β-unsaturated/α-hetero) is 1. The average Bonchev–Trinajstić information content (AvgIpc) is 3.39. The molecule has 8 nitrogen and oxygen atoms in total. The standard InChI is InChI=1S/C26H32N2O6/c1-3-14-33-20-7-4-6-19(17-20)24(29)22-23(21-9-8-18(2)34-21)28(26(31)25(22)30)11-5-10-27-12-15-32-16-13-27/h4,6-9,17,23,29H,3,5,10-16H2,1-2H3/b24-22+. The molecule has 1 atom stereocenters. The van der Waals surface area contributed by atoms with E-state index in [1.165, 1.54) is 4.90 Å². The molecule has 0 spiro atoms. The van der Waals surface area contributed by atoms with Gasteiger partial charge < -0.3 is 23.9 Å². The third-order valence-electron chi connectivity index (χ3n) is 6.13. The second-order valence-electron chi connectivity index (χ2n) is 8.62. The first-order chi connectivity index (χ1) is 16.5. The van der Waals surface area contributed by atoms with Crippen molar-refractivity contribution in [3.8, 4) is 5.75 Å². The number of ketones is 1. The van der Waals surface area contributed by atoms with Gasteiger partial charge in [-0.05, 0) is 44.0 Å². The molecule has 1 N–H and O–H groups in total. The summed E-state index contributed by atoms with van der Waals surface area (Å²) in [6.45, 7) is 8.66. The van der Waals surface area contributed by atoms with Crippen LogP contribution in [0.5, 0.6) is 5.75 Å². The smallest absolute Gasteiger partial charge is 0.295 e. The van der Waals surface area contributed by atoms with E-state index in [0.29, 0.717) is 55.6 Å². The van der Waals surface area contributed by atoms with E-state index < -0.39 is 17.7 Å². The van der Waals surface area contributed by atoms with Crippen LogP contribution in [0, 0.1) is 6.92 Å². The largest absolute Gasteiger partial charge is 0.507 e. The third-order valence-corrected chi connectivity index (χ3v) is 6.13. The van der Waals surface area contributed by atoms with Crippen molar-refractivity contribution >= 4 is 17.4 Å². The molecule has 0 saturated carbocycles. The van der Waals surface area contributed by atoms with Crippen LogP contribution in [0.25, 0.3) is 5.76 Å². The van der Waals surface area contributed by atoms with Crippen LogP contribution in [0.3, 0.4) is 0 Å². The molecule has 1 unspecified atom stereocenters. The Balaban J connectivity index is 1.63. The van der Waals surface area contributed by atoms with Crippen LogP contribution in [0.15, 0.2) is 46.4 Å². The molecule has 2 aliphatic rings. The van der Waals surface area contributed by atoms with Gasteiger partial charge in [0.2, 0.25) is 0 Å². The lowest BCUT2D eigenvalue weighted by molar-refractivity contribution is -0.140. The van der Waals surface area contributed by atoms with Gasteiger partial charge in [0, 0.05) is 31.7 Å². The van der Waals surface area contributed by atoms with Crippen LogP contribution >= 0.6 is 0 Å². The normalized spacial score (nSPS) is 20.8. The number of rotatable bonds is 9. The minimum atomic E-state index is -0.779. The van der Waals surface area contributed by atoms with Gasteiger partial charge in [-0.25, -0.2) is 0 Å². The summed E-state index contributed by atoms with van der Waals surface area (Å²) in [6, 6.07) is 9.70. The summed E-state index contributed by atoms with van der Waals surface area (Å²) in [5.41, 5.74) is 0.464. The Morgan fingerprint density at radius 1 is 1.15 bits per heavy atom. The van der Waals surface area contributed by atoms with Gasteiger partial charge in [-0.2, -0.15) is 0 Å². The molecule has 0 radical (unpaired) electrons. The predicted molar refractivity (Wildman–Crippen MR) is 127 cm³/mol. The van der Waals surface area contributed by atoms with Gasteiger partial charge in [0.15, 0.2) is 0 Å². The topological polar surface area (TPSA) is 92.5 Å². The molecule has 2 saturated heterocycles. The quantitative estimate of drug-likeness (QED) is 0.342. The highest BCUT2D eigenvalue weighted by molar-refractivity contribution is 6.46. The van der Waals surface area contributed by atoms with Gasteiger partial charge >= 0.3 is 0 Å². The van der Waals surface area contributed by atoms with Crippen LogP contribution in [-0.2, 0) is 14.3 Å². The average molecular weight is 469 g/mol. The Bertz CT molecular complexity index is 1050. The van der Waals surface area contributed by atoms with Crippen molar-refractivity contribution in [3.05, 3.63) is 59.1 Å². The number of nitrogens with zero attached hydrogens (tertiary/aromatic N) is 2. The summed E-state index contributed by atoms with van der Waals surface area (Å²) in [6.07, 6.45) is 1.55. The summed E-state index contributed by atoms with van der Waals surface area (Å²) in [7, 11) is 0. The lowest BCUT2D eigenvalue weighted by Gasteiger charge is -2.28. The number of likely N-dealkylation sites (tertiary alicyclic amines) is 1. The van der Waals surface area contributed by atoms with Crippen LogP contribution in [-0.4, -0.2) is 72.6 Å². The maximum Gasteiger partial charge on any atom is 0.295 e. The van der Waals surface area contributed by atoms with Crippen molar-refractivity contribution in [2.24, 2.45) is 0 Å². The van der Waals surface area contributed by atoms with Crippen LogP contribution in [0.1, 0.15) is 42.9 Å².